The molecule has 0 saturated carbocycles. The van der Waals surface area contributed by atoms with Crippen molar-refractivity contribution in [3.05, 3.63) is 32.2 Å². The Morgan fingerprint density at radius 3 is 2.68 bits per heavy atom. The zero-order valence-electron chi connectivity index (χ0n) is 10.5. The Kier molecular flexibility index (Phi) is 4.51. The van der Waals surface area contributed by atoms with Gasteiger partial charge in [0.1, 0.15) is 5.75 Å². The molecule has 2 rings (SSSR count). The Morgan fingerprint density at radius 1 is 1.42 bits per heavy atom. The molecule has 100 valence electrons. The lowest BCUT2D eigenvalue weighted by Crippen LogP contribution is -2.22. The predicted octanol–water partition coefficient (Wildman–Crippen LogP) is 3.36. The second-order valence-corrected chi connectivity index (χ2v) is 6.02. The fourth-order valence-corrected chi connectivity index (χ4v) is 3.10. The molecule has 0 aromatic heterocycles. The summed E-state index contributed by atoms with van der Waals surface area (Å²) in [5.41, 5.74) is 0.881. The molecule has 0 aliphatic carbocycles. The molecule has 6 heteroatoms. The molecule has 1 saturated heterocycles. The maximum absolute atomic E-state index is 11.8. The van der Waals surface area contributed by atoms with Crippen molar-refractivity contribution >= 4 is 51.6 Å². The molecule has 19 heavy (non-hydrogen) atoms. The van der Waals surface area contributed by atoms with E-state index in [1.165, 1.54) is 7.05 Å². The molecule has 1 aromatic rings. The Bertz CT molecular complexity index is 571. The third kappa shape index (κ3) is 3.11. The summed E-state index contributed by atoms with van der Waals surface area (Å²) in [5.74, 6) is 0.572. The highest BCUT2D eigenvalue weighted by atomic mass is 127. The van der Waals surface area contributed by atoms with Crippen LogP contribution in [0.3, 0.4) is 0 Å². The van der Waals surface area contributed by atoms with Crippen LogP contribution in [-0.2, 0) is 4.79 Å². The number of rotatable bonds is 3. The second-order valence-electron chi connectivity index (χ2n) is 3.86. The smallest absolute Gasteiger partial charge is 0.293 e. The van der Waals surface area contributed by atoms with E-state index < -0.39 is 0 Å². The topological polar surface area (TPSA) is 46.6 Å². The van der Waals surface area contributed by atoms with E-state index in [1.807, 2.05) is 25.1 Å². The average Bonchev–Trinajstić information content (AvgIpc) is 2.61. The number of thioether (sulfide) groups is 1. The van der Waals surface area contributed by atoms with Gasteiger partial charge in [0.15, 0.2) is 0 Å². The largest absolute Gasteiger partial charge is 0.493 e. The van der Waals surface area contributed by atoms with Crippen molar-refractivity contribution in [2.75, 3.05) is 13.7 Å². The van der Waals surface area contributed by atoms with Crippen LogP contribution in [0.5, 0.6) is 5.75 Å². The number of halogens is 1. The Labute approximate surface area is 129 Å². The molecule has 0 radical (unpaired) electrons. The molecule has 1 heterocycles. The fraction of sp³-hybridized carbons (Fsp3) is 0.231. The van der Waals surface area contributed by atoms with Crippen LogP contribution in [0.4, 0.5) is 4.79 Å². The van der Waals surface area contributed by atoms with Gasteiger partial charge in [0, 0.05) is 7.05 Å². The summed E-state index contributed by atoms with van der Waals surface area (Å²) in [7, 11) is 1.49. The minimum atomic E-state index is -0.251. The van der Waals surface area contributed by atoms with Gasteiger partial charge in [-0.05, 0) is 65.0 Å². The van der Waals surface area contributed by atoms with E-state index in [1.54, 1.807) is 6.08 Å². The molecule has 0 spiro atoms. The molecular formula is C13H12INO3S. The van der Waals surface area contributed by atoms with Gasteiger partial charge in [0.25, 0.3) is 11.1 Å². The van der Waals surface area contributed by atoms with Crippen LogP contribution in [0.15, 0.2) is 23.1 Å². The molecule has 2 amide bonds. The average molecular weight is 389 g/mol. The first-order valence-corrected chi connectivity index (χ1v) is 7.56. The van der Waals surface area contributed by atoms with Gasteiger partial charge < -0.3 is 4.74 Å². The summed E-state index contributed by atoms with van der Waals surface area (Å²) in [6.07, 6.45) is 1.73. The summed E-state index contributed by atoms with van der Waals surface area (Å²) >= 11 is 3.15. The van der Waals surface area contributed by atoms with E-state index in [0.717, 1.165) is 31.5 Å². The van der Waals surface area contributed by atoms with E-state index >= 15 is 0 Å². The van der Waals surface area contributed by atoms with Crippen LogP contribution >= 0.6 is 34.4 Å². The van der Waals surface area contributed by atoms with Crippen molar-refractivity contribution in [3.8, 4) is 5.75 Å². The summed E-state index contributed by atoms with van der Waals surface area (Å²) in [5, 5.41) is -0.239. The minimum absolute atomic E-state index is 0.239. The first-order chi connectivity index (χ1) is 9.02. The number of benzene rings is 1. The number of carbonyl (C=O) groups excluding carboxylic acids is 2. The highest BCUT2D eigenvalue weighted by Crippen LogP contribution is 2.32. The Hall–Kier alpha value is -1.02. The lowest BCUT2D eigenvalue weighted by atomic mass is 10.2. The first kappa shape index (κ1) is 14.4. The molecule has 1 fully saturated rings. The number of likely N-dealkylation sites (N-methyl/N-ethyl adjacent to an activating group) is 1. The number of amides is 2. The maximum Gasteiger partial charge on any atom is 0.293 e. The van der Waals surface area contributed by atoms with Gasteiger partial charge in [0.2, 0.25) is 0 Å². The first-order valence-electron chi connectivity index (χ1n) is 5.67. The maximum atomic E-state index is 11.8. The van der Waals surface area contributed by atoms with Crippen LogP contribution in [0.1, 0.15) is 12.5 Å². The van der Waals surface area contributed by atoms with E-state index in [4.69, 9.17) is 4.74 Å². The molecule has 0 unspecified atom stereocenters. The normalized spacial score (nSPS) is 17.4. The summed E-state index contributed by atoms with van der Waals surface area (Å²) in [6.45, 7) is 2.55. The van der Waals surface area contributed by atoms with Crippen LogP contribution in [-0.4, -0.2) is 29.7 Å². The number of hydrogen-bond acceptors (Lipinski definition) is 4. The SMILES string of the molecule is CCOc1ccc(/C=C2\SC(=O)N(C)C2=O)cc1I. The van der Waals surface area contributed by atoms with Gasteiger partial charge in [-0.1, -0.05) is 6.07 Å². The number of imide groups is 1. The zero-order chi connectivity index (χ0) is 14.0. The van der Waals surface area contributed by atoms with E-state index in [-0.39, 0.29) is 11.1 Å². The lowest BCUT2D eigenvalue weighted by Gasteiger charge is -2.06. The monoisotopic (exact) mass is 389 g/mol. The number of carbonyl (C=O) groups is 2. The van der Waals surface area contributed by atoms with Crippen LogP contribution in [0.25, 0.3) is 6.08 Å². The highest BCUT2D eigenvalue weighted by molar-refractivity contribution is 14.1. The molecule has 1 aliphatic heterocycles. The standard InChI is InChI=1S/C13H12INO3S/c1-3-18-10-5-4-8(6-9(10)14)7-11-12(16)15(2)13(17)19-11/h4-7H,3H2,1-2H3/b11-7-. The van der Waals surface area contributed by atoms with E-state index in [9.17, 15) is 9.59 Å². The molecule has 1 aliphatic rings. The van der Waals surface area contributed by atoms with Gasteiger partial charge in [-0.3, -0.25) is 14.5 Å². The fourth-order valence-electron chi connectivity index (χ4n) is 1.58. The second kappa shape index (κ2) is 5.96. The molecular weight excluding hydrogens is 377 g/mol. The predicted molar refractivity (Wildman–Crippen MR) is 84.1 cm³/mol. The van der Waals surface area contributed by atoms with Gasteiger partial charge >= 0.3 is 0 Å². The van der Waals surface area contributed by atoms with Gasteiger partial charge in [-0.15, -0.1) is 0 Å². The van der Waals surface area contributed by atoms with Crippen molar-refractivity contribution in [2.45, 2.75) is 6.92 Å². The van der Waals surface area contributed by atoms with Crippen LogP contribution in [0.2, 0.25) is 0 Å². The number of hydrogen-bond donors (Lipinski definition) is 0. The molecule has 1 aromatic carbocycles. The number of ether oxygens (including phenoxy) is 1. The van der Waals surface area contributed by atoms with Crippen LogP contribution in [0, 0.1) is 3.57 Å². The molecule has 0 bridgehead atoms. The lowest BCUT2D eigenvalue weighted by molar-refractivity contribution is -0.121. The Balaban J connectivity index is 2.27. The van der Waals surface area contributed by atoms with E-state index in [2.05, 4.69) is 22.6 Å². The van der Waals surface area contributed by atoms with Crippen molar-refractivity contribution in [3.63, 3.8) is 0 Å². The third-order valence-electron chi connectivity index (χ3n) is 2.54. The van der Waals surface area contributed by atoms with Gasteiger partial charge in [-0.25, -0.2) is 0 Å². The van der Waals surface area contributed by atoms with Crippen molar-refractivity contribution < 1.29 is 14.3 Å². The van der Waals surface area contributed by atoms with Gasteiger partial charge in [0.05, 0.1) is 15.1 Å². The summed E-state index contributed by atoms with van der Waals surface area (Å²) in [4.78, 5) is 24.7. The van der Waals surface area contributed by atoms with Crippen molar-refractivity contribution in [1.29, 1.82) is 0 Å². The molecule has 0 atom stereocenters. The molecule has 4 nitrogen and oxygen atoms in total. The number of nitrogens with zero attached hydrogens (tertiary/aromatic N) is 1. The zero-order valence-corrected chi connectivity index (χ0v) is 13.4. The van der Waals surface area contributed by atoms with E-state index in [0.29, 0.717) is 11.5 Å². The quantitative estimate of drug-likeness (QED) is 0.588. The third-order valence-corrected chi connectivity index (χ3v) is 4.34. The van der Waals surface area contributed by atoms with Crippen molar-refractivity contribution in [2.24, 2.45) is 0 Å². The summed E-state index contributed by atoms with van der Waals surface area (Å²) in [6, 6.07) is 5.67. The molecule has 0 N–H and O–H groups in total. The Morgan fingerprint density at radius 2 is 2.16 bits per heavy atom. The highest BCUT2D eigenvalue weighted by Gasteiger charge is 2.31. The van der Waals surface area contributed by atoms with Crippen LogP contribution < -0.4 is 4.74 Å². The summed E-state index contributed by atoms with van der Waals surface area (Å²) < 4.78 is 6.43. The van der Waals surface area contributed by atoms with Gasteiger partial charge in [-0.2, -0.15) is 0 Å². The minimum Gasteiger partial charge on any atom is -0.493 e. The van der Waals surface area contributed by atoms with Crippen molar-refractivity contribution in [1.82, 2.24) is 4.90 Å².